The number of carbonyl (C=O) groups is 1. The lowest BCUT2D eigenvalue weighted by atomic mass is 9.69. The molecule has 14 heavy (non-hydrogen) atoms. The molecule has 1 unspecified atom stereocenters. The molecular formula is C11H19NO2. The van der Waals surface area contributed by atoms with Crippen LogP contribution >= 0.6 is 0 Å². The monoisotopic (exact) mass is 197 g/mol. The van der Waals surface area contributed by atoms with Crippen LogP contribution in [0.4, 0.5) is 0 Å². The average Bonchev–Trinajstić information content (AvgIpc) is 1.99. The van der Waals surface area contributed by atoms with Crippen LogP contribution < -0.4 is 5.32 Å². The fourth-order valence-electron chi connectivity index (χ4n) is 2.27. The quantitative estimate of drug-likeness (QED) is 0.644. The molecule has 2 saturated heterocycles. The molecule has 1 N–H and O–H groups in total. The molecule has 2 aliphatic heterocycles. The van der Waals surface area contributed by atoms with Crippen LogP contribution in [0.15, 0.2) is 0 Å². The van der Waals surface area contributed by atoms with Gasteiger partial charge in [-0.3, -0.25) is 4.79 Å². The summed E-state index contributed by atoms with van der Waals surface area (Å²) in [5, 5.41) is 3.36. The standard InChI is InChI=1S/C11H19NO2/c1-11(2,3)14-10(13)9-6-12-8-4-7(9)5-8/h7-9,12H,4-6H2,1-3H3. The van der Waals surface area contributed by atoms with Crippen LogP contribution in [-0.4, -0.2) is 24.2 Å². The summed E-state index contributed by atoms with van der Waals surface area (Å²) in [6.45, 7) is 6.57. The zero-order valence-corrected chi connectivity index (χ0v) is 9.17. The fourth-order valence-corrected chi connectivity index (χ4v) is 2.27. The summed E-state index contributed by atoms with van der Waals surface area (Å²) in [6, 6.07) is 0.679. The lowest BCUT2D eigenvalue weighted by molar-refractivity contribution is -0.165. The molecule has 0 radical (unpaired) electrons. The highest BCUT2D eigenvalue weighted by Gasteiger charge is 2.44. The maximum atomic E-state index is 11.8. The number of rotatable bonds is 1. The van der Waals surface area contributed by atoms with Crippen molar-refractivity contribution in [1.29, 1.82) is 0 Å². The molecule has 1 saturated carbocycles. The van der Waals surface area contributed by atoms with Gasteiger partial charge in [-0.05, 0) is 39.5 Å². The molecule has 80 valence electrons. The van der Waals surface area contributed by atoms with Gasteiger partial charge in [0.05, 0.1) is 5.92 Å². The molecule has 3 heteroatoms. The van der Waals surface area contributed by atoms with Crippen molar-refractivity contribution in [2.24, 2.45) is 11.8 Å². The maximum absolute atomic E-state index is 11.8. The van der Waals surface area contributed by atoms with E-state index < -0.39 is 0 Å². The van der Waals surface area contributed by atoms with Crippen molar-refractivity contribution in [1.82, 2.24) is 5.32 Å². The number of nitrogens with one attached hydrogen (secondary N) is 1. The summed E-state index contributed by atoms with van der Waals surface area (Å²) in [5.41, 5.74) is -0.350. The van der Waals surface area contributed by atoms with Gasteiger partial charge in [-0.15, -0.1) is 0 Å². The zero-order valence-electron chi connectivity index (χ0n) is 9.17. The molecule has 3 fully saturated rings. The first-order chi connectivity index (χ1) is 6.46. The van der Waals surface area contributed by atoms with Gasteiger partial charge in [-0.1, -0.05) is 0 Å². The van der Waals surface area contributed by atoms with Gasteiger partial charge in [0.1, 0.15) is 5.60 Å². The van der Waals surface area contributed by atoms with Crippen molar-refractivity contribution in [2.45, 2.75) is 45.3 Å². The van der Waals surface area contributed by atoms with E-state index in [0.717, 1.165) is 19.4 Å². The normalized spacial score (nSPS) is 36.1. The Labute approximate surface area is 85.2 Å². The summed E-state index contributed by atoms with van der Waals surface area (Å²) in [7, 11) is 0. The smallest absolute Gasteiger partial charge is 0.311 e. The predicted molar refractivity (Wildman–Crippen MR) is 53.8 cm³/mol. The lowest BCUT2D eigenvalue weighted by Gasteiger charge is -2.46. The van der Waals surface area contributed by atoms with Crippen molar-refractivity contribution < 1.29 is 9.53 Å². The summed E-state index contributed by atoms with van der Waals surface area (Å²) in [4.78, 5) is 11.8. The van der Waals surface area contributed by atoms with Gasteiger partial charge in [-0.2, -0.15) is 0 Å². The number of hydrogen-bond acceptors (Lipinski definition) is 3. The minimum Gasteiger partial charge on any atom is -0.460 e. The topological polar surface area (TPSA) is 38.3 Å². The van der Waals surface area contributed by atoms with E-state index in [1.807, 2.05) is 20.8 Å². The van der Waals surface area contributed by atoms with E-state index in [1.165, 1.54) is 0 Å². The SMILES string of the molecule is CC(C)(C)OC(=O)C1CNC2CC1C2. The molecule has 3 aliphatic rings. The Morgan fingerprint density at radius 2 is 2.00 bits per heavy atom. The molecule has 3 nitrogen and oxygen atoms in total. The van der Waals surface area contributed by atoms with Crippen molar-refractivity contribution in [2.75, 3.05) is 6.54 Å². The molecule has 1 atom stereocenters. The van der Waals surface area contributed by atoms with Gasteiger partial charge in [0.25, 0.3) is 0 Å². The van der Waals surface area contributed by atoms with E-state index in [0.29, 0.717) is 12.0 Å². The predicted octanol–water partition coefficient (Wildman–Crippen LogP) is 1.33. The third-order valence-electron chi connectivity index (χ3n) is 3.08. The number of esters is 1. The van der Waals surface area contributed by atoms with Crippen molar-refractivity contribution >= 4 is 5.97 Å². The van der Waals surface area contributed by atoms with E-state index in [1.54, 1.807) is 0 Å². The molecule has 2 heterocycles. The van der Waals surface area contributed by atoms with Crippen molar-refractivity contribution in [3.63, 3.8) is 0 Å². The number of piperidine rings is 2. The van der Waals surface area contributed by atoms with Crippen LogP contribution in [0.5, 0.6) is 0 Å². The third-order valence-corrected chi connectivity index (χ3v) is 3.08. The Morgan fingerprint density at radius 1 is 1.36 bits per heavy atom. The number of ether oxygens (including phenoxy) is 1. The maximum Gasteiger partial charge on any atom is 0.311 e. The van der Waals surface area contributed by atoms with Gasteiger partial charge in [0.2, 0.25) is 0 Å². The van der Waals surface area contributed by atoms with Crippen LogP contribution in [0.3, 0.4) is 0 Å². The molecule has 0 spiro atoms. The van der Waals surface area contributed by atoms with Gasteiger partial charge in [0, 0.05) is 12.6 Å². The molecule has 0 amide bonds. The van der Waals surface area contributed by atoms with Gasteiger partial charge in [0.15, 0.2) is 0 Å². The number of carbonyl (C=O) groups excluding carboxylic acids is 1. The molecule has 0 aromatic carbocycles. The van der Waals surface area contributed by atoms with Crippen LogP contribution in [0, 0.1) is 11.8 Å². The van der Waals surface area contributed by atoms with E-state index in [2.05, 4.69) is 5.32 Å². The Balaban J connectivity index is 1.91. The van der Waals surface area contributed by atoms with E-state index in [-0.39, 0.29) is 17.5 Å². The first-order valence-corrected chi connectivity index (χ1v) is 5.42. The summed E-state index contributed by atoms with van der Waals surface area (Å²) >= 11 is 0. The Morgan fingerprint density at radius 3 is 2.43 bits per heavy atom. The lowest BCUT2D eigenvalue weighted by Crippen LogP contribution is -2.56. The molecule has 0 aromatic rings. The second-order valence-electron chi connectivity index (χ2n) is 5.48. The summed E-state index contributed by atoms with van der Waals surface area (Å²) < 4.78 is 5.39. The largest absolute Gasteiger partial charge is 0.460 e. The highest BCUT2D eigenvalue weighted by Crippen LogP contribution is 2.38. The van der Waals surface area contributed by atoms with Crippen molar-refractivity contribution in [3.8, 4) is 0 Å². The average molecular weight is 197 g/mol. The Kier molecular flexibility index (Phi) is 2.30. The fraction of sp³-hybridized carbons (Fsp3) is 0.909. The Bertz CT molecular complexity index is 235. The molecule has 1 aliphatic carbocycles. The van der Waals surface area contributed by atoms with E-state index in [9.17, 15) is 4.79 Å². The van der Waals surface area contributed by atoms with Gasteiger partial charge >= 0.3 is 5.97 Å². The minimum absolute atomic E-state index is 0.0202. The number of fused-ring (bicyclic) bond motifs is 2. The van der Waals surface area contributed by atoms with Crippen LogP contribution in [0.25, 0.3) is 0 Å². The third kappa shape index (κ3) is 1.92. The Hall–Kier alpha value is -0.570. The summed E-state index contributed by atoms with van der Waals surface area (Å²) in [5.74, 6) is 0.656. The second kappa shape index (κ2) is 3.23. The second-order valence-corrected chi connectivity index (χ2v) is 5.48. The number of hydrogen-bond donors (Lipinski definition) is 1. The van der Waals surface area contributed by atoms with Crippen LogP contribution in [0.2, 0.25) is 0 Å². The van der Waals surface area contributed by atoms with Crippen molar-refractivity contribution in [3.05, 3.63) is 0 Å². The van der Waals surface area contributed by atoms with Crippen LogP contribution in [-0.2, 0) is 9.53 Å². The summed E-state index contributed by atoms with van der Waals surface area (Å²) in [6.07, 6.45) is 2.31. The molecule has 2 bridgehead atoms. The van der Waals surface area contributed by atoms with Gasteiger partial charge in [-0.25, -0.2) is 0 Å². The highest BCUT2D eigenvalue weighted by molar-refractivity contribution is 5.74. The highest BCUT2D eigenvalue weighted by atomic mass is 16.6. The molecular weight excluding hydrogens is 178 g/mol. The van der Waals surface area contributed by atoms with E-state index in [4.69, 9.17) is 4.74 Å². The molecule has 3 rings (SSSR count). The van der Waals surface area contributed by atoms with Crippen LogP contribution in [0.1, 0.15) is 33.6 Å². The zero-order chi connectivity index (χ0) is 10.3. The first-order valence-electron chi connectivity index (χ1n) is 5.42. The molecule has 0 aromatic heterocycles. The van der Waals surface area contributed by atoms with Gasteiger partial charge < -0.3 is 10.1 Å². The van der Waals surface area contributed by atoms with E-state index >= 15 is 0 Å². The minimum atomic E-state index is -0.350. The first kappa shape index (κ1) is 9.97.